The van der Waals surface area contributed by atoms with Gasteiger partial charge in [-0.05, 0) is 48.8 Å². The molecular formula is C15H26N2OS. The van der Waals surface area contributed by atoms with Gasteiger partial charge in [0, 0.05) is 32.8 Å². The number of piperidine rings is 1. The van der Waals surface area contributed by atoms with Crippen molar-refractivity contribution >= 4 is 11.3 Å². The number of rotatable bonds is 7. The minimum atomic E-state index is 0.712. The number of hydrogen-bond acceptors (Lipinski definition) is 4. The predicted octanol–water partition coefficient (Wildman–Crippen LogP) is 2.68. The molecular weight excluding hydrogens is 256 g/mol. The molecule has 0 bridgehead atoms. The highest BCUT2D eigenvalue weighted by Gasteiger charge is 2.21. The molecule has 0 aliphatic carbocycles. The molecule has 0 amide bonds. The zero-order valence-electron chi connectivity index (χ0n) is 12.2. The van der Waals surface area contributed by atoms with Gasteiger partial charge >= 0.3 is 0 Å². The first-order chi connectivity index (χ1) is 9.29. The summed E-state index contributed by atoms with van der Waals surface area (Å²) >= 11 is 1.78. The van der Waals surface area contributed by atoms with Gasteiger partial charge in [0.05, 0.1) is 6.61 Å². The average Bonchev–Trinajstić information content (AvgIpc) is 2.91. The van der Waals surface area contributed by atoms with E-state index in [4.69, 9.17) is 4.74 Å². The molecule has 0 saturated carbocycles. The van der Waals surface area contributed by atoms with Crippen molar-refractivity contribution in [1.29, 1.82) is 0 Å². The van der Waals surface area contributed by atoms with Gasteiger partial charge < -0.3 is 9.64 Å². The van der Waals surface area contributed by atoms with Crippen molar-refractivity contribution in [2.24, 2.45) is 0 Å². The van der Waals surface area contributed by atoms with Gasteiger partial charge in [-0.1, -0.05) is 6.42 Å². The molecule has 1 aliphatic rings. The summed E-state index contributed by atoms with van der Waals surface area (Å²) in [5.41, 5.74) is 1.43. The summed E-state index contributed by atoms with van der Waals surface area (Å²) in [5.74, 6) is 0. The van der Waals surface area contributed by atoms with Crippen molar-refractivity contribution < 1.29 is 4.74 Å². The molecule has 1 aromatic rings. The number of hydrogen-bond donors (Lipinski definition) is 0. The van der Waals surface area contributed by atoms with Crippen LogP contribution in [0.25, 0.3) is 0 Å². The maximum atomic E-state index is 5.25. The molecule has 1 saturated heterocycles. The van der Waals surface area contributed by atoms with E-state index in [0.717, 1.165) is 26.2 Å². The van der Waals surface area contributed by atoms with Gasteiger partial charge in [-0.2, -0.15) is 11.3 Å². The van der Waals surface area contributed by atoms with Crippen molar-refractivity contribution in [2.75, 3.05) is 40.4 Å². The monoisotopic (exact) mass is 282 g/mol. The van der Waals surface area contributed by atoms with E-state index in [1.807, 2.05) is 0 Å². The second-order valence-corrected chi connectivity index (χ2v) is 6.27. The van der Waals surface area contributed by atoms with E-state index in [-0.39, 0.29) is 0 Å². The molecule has 108 valence electrons. The molecule has 0 spiro atoms. The number of ether oxygens (including phenoxy) is 1. The molecule has 1 aliphatic heterocycles. The van der Waals surface area contributed by atoms with Crippen molar-refractivity contribution in [3.05, 3.63) is 22.4 Å². The molecule has 3 nitrogen and oxygen atoms in total. The average molecular weight is 282 g/mol. The predicted molar refractivity (Wildman–Crippen MR) is 81.7 cm³/mol. The van der Waals surface area contributed by atoms with Crippen LogP contribution in [0.5, 0.6) is 0 Å². The summed E-state index contributed by atoms with van der Waals surface area (Å²) in [5, 5.41) is 4.42. The number of nitrogens with zero attached hydrogens (tertiary/aromatic N) is 2. The van der Waals surface area contributed by atoms with E-state index in [9.17, 15) is 0 Å². The van der Waals surface area contributed by atoms with Crippen molar-refractivity contribution in [2.45, 2.75) is 31.8 Å². The molecule has 1 unspecified atom stereocenters. The SMILES string of the molecule is COCCN(Cc1ccsc1)CC1CCCCN1C. The van der Waals surface area contributed by atoms with E-state index < -0.39 is 0 Å². The highest BCUT2D eigenvalue weighted by Crippen LogP contribution is 2.17. The zero-order chi connectivity index (χ0) is 13.5. The van der Waals surface area contributed by atoms with E-state index >= 15 is 0 Å². The first-order valence-corrected chi connectivity index (χ1v) is 8.16. The Hall–Kier alpha value is -0.420. The highest BCUT2D eigenvalue weighted by molar-refractivity contribution is 7.07. The van der Waals surface area contributed by atoms with Crippen LogP contribution in [0.3, 0.4) is 0 Å². The topological polar surface area (TPSA) is 15.7 Å². The molecule has 4 heteroatoms. The molecule has 0 radical (unpaired) electrons. The second kappa shape index (κ2) is 8.00. The maximum Gasteiger partial charge on any atom is 0.0589 e. The van der Waals surface area contributed by atoms with E-state index in [2.05, 4.69) is 33.7 Å². The summed E-state index contributed by atoms with van der Waals surface area (Å²) < 4.78 is 5.25. The third kappa shape index (κ3) is 4.88. The third-order valence-electron chi connectivity index (χ3n) is 3.99. The van der Waals surface area contributed by atoms with Gasteiger partial charge in [0.2, 0.25) is 0 Å². The second-order valence-electron chi connectivity index (χ2n) is 5.49. The summed E-state index contributed by atoms with van der Waals surface area (Å²) in [6.07, 6.45) is 4.07. The smallest absolute Gasteiger partial charge is 0.0589 e. The fraction of sp³-hybridized carbons (Fsp3) is 0.733. The molecule has 2 heterocycles. The Morgan fingerprint density at radius 1 is 1.47 bits per heavy atom. The van der Waals surface area contributed by atoms with Crippen LogP contribution in [0, 0.1) is 0 Å². The summed E-state index contributed by atoms with van der Waals surface area (Å²) in [6.45, 7) is 5.31. The molecule has 0 aromatic carbocycles. The Balaban J connectivity index is 1.88. The Labute approximate surface area is 121 Å². The van der Waals surface area contributed by atoms with Gasteiger partial charge in [0.15, 0.2) is 0 Å². The van der Waals surface area contributed by atoms with Crippen LogP contribution in [0.1, 0.15) is 24.8 Å². The van der Waals surface area contributed by atoms with Crippen molar-refractivity contribution in [3.63, 3.8) is 0 Å². The molecule has 1 atom stereocenters. The van der Waals surface area contributed by atoms with Crippen LogP contribution in [0.15, 0.2) is 16.8 Å². The van der Waals surface area contributed by atoms with Crippen molar-refractivity contribution in [3.8, 4) is 0 Å². The Kier molecular flexibility index (Phi) is 6.31. The van der Waals surface area contributed by atoms with Crippen LogP contribution in [0.2, 0.25) is 0 Å². The molecule has 0 N–H and O–H groups in total. The Morgan fingerprint density at radius 2 is 2.37 bits per heavy atom. The standard InChI is InChI=1S/C15H26N2OS/c1-16-7-4-3-5-15(16)12-17(8-9-18-2)11-14-6-10-19-13-14/h6,10,13,15H,3-5,7-9,11-12H2,1-2H3. The van der Waals surface area contributed by atoms with Gasteiger partial charge in [-0.15, -0.1) is 0 Å². The number of likely N-dealkylation sites (N-methyl/N-ethyl adjacent to an activating group) is 1. The lowest BCUT2D eigenvalue weighted by Gasteiger charge is -2.36. The molecule has 19 heavy (non-hydrogen) atoms. The van der Waals surface area contributed by atoms with Crippen LogP contribution < -0.4 is 0 Å². The van der Waals surface area contributed by atoms with Gasteiger partial charge in [-0.25, -0.2) is 0 Å². The van der Waals surface area contributed by atoms with E-state index in [1.54, 1.807) is 18.4 Å². The molecule has 2 rings (SSSR count). The van der Waals surface area contributed by atoms with Crippen LogP contribution in [0.4, 0.5) is 0 Å². The summed E-state index contributed by atoms with van der Waals surface area (Å²) in [4.78, 5) is 5.06. The van der Waals surface area contributed by atoms with E-state index in [1.165, 1.54) is 31.4 Å². The van der Waals surface area contributed by atoms with Crippen LogP contribution >= 0.6 is 11.3 Å². The zero-order valence-corrected chi connectivity index (χ0v) is 13.0. The third-order valence-corrected chi connectivity index (χ3v) is 4.72. The molecule has 1 aromatic heterocycles. The normalized spacial score (nSPS) is 21.1. The quantitative estimate of drug-likeness (QED) is 0.765. The van der Waals surface area contributed by atoms with Crippen molar-refractivity contribution in [1.82, 2.24) is 9.80 Å². The van der Waals surface area contributed by atoms with Gasteiger partial charge in [0.25, 0.3) is 0 Å². The maximum absolute atomic E-state index is 5.25. The van der Waals surface area contributed by atoms with Crippen LogP contribution in [-0.4, -0.2) is 56.2 Å². The first-order valence-electron chi connectivity index (χ1n) is 7.22. The van der Waals surface area contributed by atoms with E-state index in [0.29, 0.717) is 6.04 Å². The lowest BCUT2D eigenvalue weighted by Crippen LogP contribution is -2.45. The van der Waals surface area contributed by atoms with Gasteiger partial charge in [-0.3, -0.25) is 4.90 Å². The van der Waals surface area contributed by atoms with Gasteiger partial charge in [0.1, 0.15) is 0 Å². The fourth-order valence-corrected chi connectivity index (χ4v) is 3.43. The minimum Gasteiger partial charge on any atom is -0.383 e. The summed E-state index contributed by atoms with van der Waals surface area (Å²) in [6, 6.07) is 2.94. The lowest BCUT2D eigenvalue weighted by molar-refractivity contribution is 0.0972. The fourth-order valence-electron chi connectivity index (χ4n) is 2.77. The number of likely N-dealkylation sites (tertiary alicyclic amines) is 1. The lowest BCUT2D eigenvalue weighted by atomic mass is 10.0. The largest absolute Gasteiger partial charge is 0.383 e. The Bertz CT molecular complexity index is 342. The Morgan fingerprint density at radius 3 is 3.05 bits per heavy atom. The first kappa shape index (κ1) is 15.0. The minimum absolute atomic E-state index is 0.712. The molecule has 1 fully saturated rings. The summed E-state index contributed by atoms with van der Waals surface area (Å²) in [7, 11) is 4.05. The highest BCUT2D eigenvalue weighted by atomic mass is 32.1. The number of methoxy groups -OCH3 is 1. The number of thiophene rings is 1. The van der Waals surface area contributed by atoms with Crippen LogP contribution in [-0.2, 0) is 11.3 Å².